The van der Waals surface area contributed by atoms with Crippen LogP contribution in [0.1, 0.15) is 39.5 Å². The van der Waals surface area contributed by atoms with Crippen molar-refractivity contribution < 1.29 is 4.79 Å². The van der Waals surface area contributed by atoms with E-state index >= 15 is 0 Å². The van der Waals surface area contributed by atoms with Gasteiger partial charge < -0.3 is 0 Å². The summed E-state index contributed by atoms with van der Waals surface area (Å²) < 4.78 is 0. The van der Waals surface area contributed by atoms with E-state index in [1.807, 2.05) is 0 Å². The van der Waals surface area contributed by atoms with Gasteiger partial charge in [0, 0.05) is 5.92 Å². The summed E-state index contributed by atoms with van der Waals surface area (Å²) in [6.07, 6.45) is 7.53. The van der Waals surface area contributed by atoms with Gasteiger partial charge in [0.2, 0.25) is 0 Å². The Morgan fingerprint density at radius 3 is 2.80 bits per heavy atom. The molecule has 2 saturated carbocycles. The molecule has 82 valence electrons. The summed E-state index contributed by atoms with van der Waals surface area (Å²) in [4.78, 5) is 11.6. The zero-order valence-electron chi connectivity index (χ0n) is 9.70. The molecular weight excluding hydrogens is 184 g/mol. The summed E-state index contributed by atoms with van der Waals surface area (Å²) in [6, 6.07) is 0. The predicted octanol–water partition coefficient (Wildman–Crippen LogP) is 3.20. The van der Waals surface area contributed by atoms with Gasteiger partial charge in [-0.05, 0) is 63.2 Å². The van der Waals surface area contributed by atoms with Crippen molar-refractivity contribution in [3.05, 3.63) is 11.6 Å². The molecule has 0 radical (unpaired) electrons. The second kappa shape index (κ2) is 3.20. The largest absolute Gasteiger partial charge is 0.300 e. The SMILES string of the molecule is CC(=O)C1CC2CC1C1CC=C(C)CC21. The van der Waals surface area contributed by atoms with E-state index in [2.05, 4.69) is 13.0 Å². The van der Waals surface area contributed by atoms with Crippen LogP contribution in [0.15, 0.2) is 11.6 Å². The number of ketones is 1. The smallest absolute Gasteiger partial charge is 0.133 e. The lowest BCUT2D eigenvalue weighted by atomic mass is 9.67. The molecular formula is C14H20O. The van der Waals surface area contributed by atoms with E-state index in [-0.39, 0.29) is 0 Å². The first-order valence-electron chi connectivity index (χ1n) is 6.33. The Kier molecular flexibility index (Phi) is 2.05. The number of fused-ring (bicyclic) bond motifs is 5. The molecule has 5 atom stereocenters. The fraction of sp³-hybridized carbons (Fsp3) is 0.786. The molecule has 0 spiro atoms. The van der Waals surface area contributed by atoms with Crippen LogP contribution in [0.5, 0.6) is 0 Å². The molecule has 3 aliphatic rings. The normalized spacial score (nSPS) is 47.6. The van der Waals surface area contributed by atoms with Crippen molar-refractivity contribution >= 4 is 5.78 Å². The number of hydrogen-bond donors (Lipinski definition) is 0. The Balaban J connectivity index is 1.84. The molecule has 0 amide bonds. The molecule has 5 unspecified atom stereocenters. The van der Waals surface area contributed by atoms with Gasteiger partial charge in [-0.3, -0.25) is 4.79 Å². The van der Waals surface area contributed by atoms with Crippen LogP contribution in [0.25, 0.3) is 0 Å². The maximum atomic E-state index is 11.6. The van der Waals surface area contributed by atoms with Crippen LogP contribution in [0.3, 0.4) is 0 Å². The molecule has 0 N–H and O–H groups in total. The fourth-order valence-corrected chi connectivity index (χ4v) is 4.53. The predicted molar refractivity (Wildman–Crippen MR) is 60.4 cm³/mol. The zero-order valence-corrected chi connectivity index (χ0v) is 9.70. The molecule has 0 aromatic rings. The van der Waals surface area contributed by atoms with E-state index in [1.54, 1.807) is 12.5 Å². The highest BCUT2D eigenvalue weighted by atomic mass is 16.1. The number of Topliss-reactive ketones (excluding diaryl/α,β-unsaturated/α-hetero) is 1. The molecule has 1 heteroatoms. The van der Waals surface area contributed by atoms with Gasteiger partial charge in [-0.15, -0.1) is 0 Å². The van der Waals surface area contributed by atoms with Gasteiger partial charge in [-0.25, -0.2) is 0 Å². The molecule has 0 aromatic heterocycles. The lowest BCUT2D eigenvalue weighted by molar-refractivity contribution is -0.123. The van der Waals surface area contributed by atoms with Gasteiger partial charge in [0.1, 0.15) is 5.78 Å². The van der Waals surface area contributed by atoms with Crippen LogP contribution in [0, 0.1) is 29.6 Å². The summed E-state index contributed by atoms with van der Waals surface area (Å²) in [7, 11) is 0. The van der Waals surface area contributed by atoms with E-state index in [9.17, 15) is 4.79 Å². The number of allylic oxidation sites excluding steroid dienone is 2. The number of rotatable bonds is 1. The summed E-state index contributed by atoms with van der Waals surface area (Å²) in [5, 5.41) is 0. The molecule has 15 heavy (non-hydrogen) atoms. The maximum absolute atomic E-state index is 11.6. The minimum Gasteiger partial charge on any atom is -0.300 e. The van der Waals surface area contributed by atoms with Crippen molar-refractivity contribution in [2.75, 3.05) is 0 Å². The average molecular weight is 204 g/mol. The quantitative estimate of drug-likeness (QED) is 0.599. The molecule has 0 aliphatic heterocycles. The van der Waals surface area contributed by atoms with Gasteiger partial charge >= 0.3 is 0 Å². The minimum absolute atomic E-state index is 0.419. The second-order valence-corrected chi connectivity index (χ2v) is 5.93. The second-order valence-electron chi connectivity index (χ2n) is 5.93. The molecule has 0 heterocycles. The van der Waals surface area contributed by atoms with E-state index in [0.717, 1.165) is 23.7 Å². The molecule has 3 aliphatic carbocycles. The van der Waals surface area contributed by atoms with Crippen molar-refractivity contribution in [1.82, 2.24) is 0 Å². The molecule has 2 fully saturated rings. The standard InChI is InChI=1S/C14H20O/c1-8-3-4-11-13(5-8)10-6-12(9(2)15)14(11)7-10/h3,10-14H,4-7H2,1-2H3. The fourth-order valence-electron chi connectivity index (χ4n) is 4.53. The van der Waals surface area contributed by atoms with Gasteiger partial charge in [-0.2, -0.15) is 0 Å². The van der Waals surface area contributed by atoms with Crippen molar-refractivity contribution in [2.45, 2.75) is 39.5 Å². The van der Waals surface area contributed by atoms with Gasteiger partial charge in [0.05, 0.1) is 0 Å². The first-order valence-corrected chi connectivity index (χ1v) is 6.33. The van der Waals surface area contributed by atoms with E-state index < -0.39 is 0 Å². The van der Waals surface area contributed by atoms with Crippen molar-refractivity contribution in [2.24, 2.45) is 29.6 Å². The highest BCUT2D eigenvalue weighted by Gasteiger charge is 2.53. The first kappa shape index (κ1) is 9.62. The Morgan fingerprint density at radius 1 is 1.27 bits per heavy atom. The number of carbonyl (C=O) groups is 1. The molecule has 1 nitrogen and oxygen atoms in total. The summed E-state index contributed by atoms with van der Waals surface area (Å²) >= 11 is 0. The van der Waals surface area contributed by atoms with Gasteiger partial charge in [-0.1, -0.05) is 11.6 Å². The minimum atomic E-state index is 0.419. The lowest BCUT2D eigenvalue weighted by Crippen LogP contribution is -2.32. The number of hydrogen-bond acceptors (Lipinski definition) is 1. The topological polar surface area (TPSA) is 17.1 Å². The molecule has 0 saturated heterocycles. The monoisotopic (exact) mass is 204 g/mol. The maximum Gasteiger partial charge on any atom is 0.133 e. The third-order valence-electron chi connectivity index (χ3n) is 5.17. The Labute approximate surface area is 91.9 Å². The van der Waals surface area contributed by atoms with Crippen LogP contribution in [0.2, 0.25) is 0 Å². The van der Waals surface area contributed by atoms with E-state index in [4.69, 9.17) is 0 Å². The first-order chi connectivity index (χ1) is 7.16. The summed E-state index contributed by atoms with van der Waals surface area (Å²) in [5.41, 5.74) is 1.59. The Bertz CT molecular complexity index is 328. The van der Waals surface area contributed by atoms with Crippen LogP contribution in [0.4, 0.5) is 0 Å². The highest BCUT2D eigenvalue weighted by molar-refractivity contribution is 5.79. The van der Waals surface area contributed by atoms with E-state index in [0.29, 0.717) is 11.7 Å². The van der Waals surface area contributed by atoms with Crippen LogP contribution in [-0.2, 0) is 4.79 Å². The zero-order chi connectivity index (χ0) is 10.6. The molecule has 2 bridgehead atoms. The number of carbonyl (C=O) groups excluding carboxylic acids is 1. The molecule has 3 rings (SSSR count). The lowest BCUT2D eigenvalue weighted by Gasteiger charge is -2.37. The van der Waals surface area contributed by atoms with Crippen LogP contribution < -0.4 is 0 Å². The third kappa shape index (κ3) is 1.32. The van der Waals surface area contributed by atoms with Crippen LogP contribution >= 0.6 is 0 Å². The third-order valence-corrected chi connectivity index (χ3v) is 5.17. The summed E-state index contributed by atoms with van der Waals surface area (Å²) in [6.45, 7) is 4.06. The van der Waals surface area contributed by atoms with Gasteiger partial charge in [0.15, 0.2) is 0 Å². The summed E-state index contributed by atoms with van der Waals surface area (Å²) in [5.74, 6) is 4.26. The molecule has 0 aromatic carbocycles. The van der Waals surface area contributed by atoms with Crippen molar-refractivity contribution in [1.29, 1.82) is 0 Å². The van der Waals surface area contributed by atoms with Crippen molar-refractivity contribution in [3.63, 3.8) is 0 Å². The van der Waals surface area contributed by atoms with Gasteiger partial charge in [0.25, 0.3) is 0 Å². The average Bonchev–Trinajstić information content (AvgIpc) is 2.74. The Morgan fingerprint density at radius 2 is 2.07 bits per heavy atom. The van der Waals surface area contributed by atoms with E-state index in [1.165, 1.54) is 25.7 Å². The van der Waals surface area contributed by atoms with Crippen molar-refractivity contribution in [3.8, 4) is 0 Å². The highest BCUT2D eigenvalue weighted by Crippen LogP contribution is 2.59. The van der Waals surface area contributed by atoms with Crippen LogP contribution in [-0.4, -0.2) is 5.78 Å². The Hall–Kier alpha value is -0.590.